The SMILES string of the molecule is O=c1[nH]cc(C(O)c2cnc3ccccc3c2)c(=O)[nH]1. The van der Waals surface area contributed by atoms with Crippen LogP contribution in [-0.2, 0) is 0 Å². The van der Waals surface area contributed by atoms with Crippen molar-refractivity contribution in [3.63, 3.8) is 0 Å². The number of H-pyrrole nitrogens is 2. The van der Waals surface area contributed by atoms with Gasteiger partial charge in [-0.3, -0.25) is 14.8 Å². The Bertz CT molecular complexity index is 882. The van der Waals surface area contributed by atoms with Crippen molar-refractivity contribution in [2.75, 3.05) is 0 Å². The van der Waals surface area contributed by atoms with Crippen LogP contribution in [0.5, 0.6) is 0 Å². The third kappa shape index (κ3) is 2.12. The molecule has 1 aromatic carbocycles. The van der Waals surface area contributed by atoms with Gasteiger partial charge in [0.15, 0.2) is 0 Å². The van der Waals surface area contributed by atoms with Crippen molar-refractivity contribution >= 4 is 10.9 Å². The molecule has 2 aromatic heterocycles. The second kappa shape index (κ2) is 4.75. The van der Waals surface area contributed by atoms with Gasteiger partial charge in [-0.25, -0.2) is 4.79 Å². The molecule has 0 radical (unpaired) electrons. The molecule has 0 saturated carbocycles. The predicted molar refractivity (Wildman–Crippen MR) is 73.5 cm³/mol. The van der Waals surface area contributed by atoms with Crippen LogP contribution in [0.2, 0.25) is 0 Å². The van der Waals surface area contributed by atoms with E-state index in [4.69, 9.17) is 0 Å². The highest BCUT2D eigenvalue weighted by molar-refractivity contribution is 5.78. The number of pyridine rings is 1. The van der Waals surface area contributed by atoms with Crippen LogP contribution >= 0.6 is 0 Å². The van der Waals surface area contributed by atoms with Crippen molar-refractivity contribution in [3.05, 3.63) is 74.7 Å². The first-order valence-corrected chi connectivity index (χ1v) is 6.00. The highest BCUT2D eigenvalue weighted by Crippen LogP contribution is 2.21. The molecule has 3 N–H and O–H groups in total. The van der Waals surface area contributed by atoms with E-state index in [0.29, 0.717) is 5.56 Å². The maximum absolute atomic E-state index is 11.7. The molecule has 6 nitrogen and oxygen atoms in total. The number of rotatable bonds is 2. The lowest BCUT2D eigenvalue weighted by Crippen LogP contribution is -2.26. The Labute approximate surface area is 112 Å². The highest BCUT2D eigenvalue weighted by Gasteiger charge is 2.15. The highest BCUT2D eigenvalue weighted by atomic mass is 16.3. The van der Waals surface area contributed by atoms with Crippen molar-refractivity contribution < 1.29 is 5.11 Å². The molecule has 0 aliphatic heterocycles. The number of benzene rings is 1. The molecule has 20 heavy (non-hydrogen) atoms. The monoisotopic (exact) mass is 269 g/mol. The molecule has 100 valence electrons. The van der Waals surface area contributed by atoms with E-state index >= 15 is 0 Å². The Morgan fingerprint density at radius 1 is 1.20 bits per heavy atom. The van der Waals surface area contributed by atoms with Crippen molar-refractivity contribution in [1.82, 2.24) is 15.0 Å². The molecule has 0 spiro atoms. The first-order chi connectivity index (χ1) is 9.65. The minimum atomic E-state index is -1.15. The van der Waals surface area contributed by atoms with Gasteiger partial charge in [-0.15, -0.1) is 0 Å². The smallest absolute Gasteiger partial charge is 0.325 e. The van der Waals surface area contributed by atoms with Gasteiger partial charge >= 0.3 is 5.69 Å². The molecule has 3 rings (SSSR count). The lowest BCUT2D eigenvalue weighted by atomic mass is 10.0. The molecule has 0 fully saturated rings. The van der Waals surface area contributed by atoms with Crippen molar-refractivity contribution in [3.8, 4) is 0 Å². The number of fused-ring (bicyclic) bond motifs is 1. The van der Waals surface area contributed by atoms with Gasteiger partial charge in [0.25, 0.3) is 5.56 Å². The largest absolute Gasteiger partial charge is 0.383 e. The third-order valence-corrected chi connectivity index (χ3v) is 3.07. The normalized spacial score (nSPS) is 12.4. The fourth-order valence-corrected chi connectivity index (χ4v) is 2.04. The van der Waals surface area contributed by atoms with Crippen LogP contribution in [0.25, 0.3) is 10.9 Å². The van der Waals surface area contributed by atoms with E-state index in [-0.39, 0.29) is 5.56 Å². The quantitative estimate of drug-likeness (QED) is 0.637. The molecular formula is C14H11N3O3. The summed E-state index contributed by atoms with van der Waals surface area (Å²) >= 11 is 0. The van der Waals surface area contributed by atoms with E-state index in [2.05, 4.69) is 15.0 Å². The molecule has 0 saturated heterocycles. The van der Waals surface area contributed by atoms with E-state index in [0.717, 1.165) is 10.9 Å². The van der Waals surface area contributed by atoms with Crippen molar-refractivity contribution in [1.29, 1.82) is 0 Å². The van der Waals surface area contributed by atoms with Gasteiger partial charge in [0.1, 0.15) is 6.10 Å². The maximum atomic E-state index is 11.7. The molecule has 1 atom stereocenters. The molecule has 1 unspecified atom stereocenters. The summed E-state index contributed by atoms with van der Waals surface area (Å²) in [6, 6.07) is 9.23. The minimum Gasteiger partial charge on any atom is -0.383 e. The number of aliphatic hydroxyl groups excluding tert-OH is 1. The maximum Gasteiger partial charge on any atom is 0.325 e. The molecule has 0 amide bonds. The van der Waals surface area contributed by atoms with E-state index < -0.39 is 17.4 Å². The predicted octanol–water partition coefficient (Wildman–Crippen LogP) is 0.693. The van der Waals surface area contributed by atoms with Crippen molar-refractivity contribution in [2.24, 2.45) is 0 Å². The topological polar surface area (TPSA) is 98.8 Å². The number of hydrogen-bond donors (Lipinski definition) is 3. The summed E-state index contributed by atoms with van der Waals surface area (Å²) in [5, 5.41) is 11.1. The number of para-hydroxylation sites is 1. The Hall–Kier alpha value is -2.73. The summed E-state index contributed by atoms with van der Waals surface area (Å²) in [5.41, 5.74) is 0.138. The van der Waals surface area contributed by atoms with Gasteiger partial charge in [-0.1, -0.05) is 18.2 Å². The Morgan fingerprint density at radius 2 is 2.00 bits per heavy atom. The number of nitrogens with one attached hydrogen (secondary N) is 2. The molecule has 0 aliphatic carbocycles. The number of aromatic nitrogens is 3. The van der Waals surface area contributed by atoms with Crippen LogP contribution in [-0.4, -0.2) is 20.1 Å². The summed E-state index contributed by atoms with van der Waals surface area (Å²) in [7, 11) is 0. The summed E-state index contributed by atoms with van der Waals surface area (Å²) in [6.07, 6.45) is 1.58. The summed E-state index contributed by atoms with van der Waals surface area (Å²) in [4.78, 5) is 31.3. The molecule has 0 aliphatic rings. The van der Waals surface area contributed by atoms with Gasteiger partial charge in [-0.05, 0) is 12.1 Å². The molecular weight excluding hydrogens is 258 g/mol. The Balaban J connectivity index is 2.10. The van der Waals surface area contributed by atoms with Crippen LogP contribution in [0.3, 0.4) is 0 Å². The lowest BCUT2D eigenvalue weighted by Gasteiger charge is -2.10. The van der Waals surface area contributed by atoms with E-state index in [9.17, 15) is 14.7 Å². The van der Waals surface area contributed by atoms with E-state index in [1.54, 1.807) is 6.07 Å². The first kappa shape index (κ1) is 12.3. The molecule has 3 aromatic rings. The van der Waals surface area contributed by atoms with Crippen LogP contribution < -0.4 is 11.2 Å². The first-order valence-electron chi connectivity index (χ1n) is 6.00. The number of aliphatic hydroxyl groups is 1. The zero-order valence-electron chi connectivity index (χ0n) is 10.3. The average Bonchev–Trinajstić information content (AvgIpc) is 2.46. The number of nitrogens with zero attached hydrogens (tertiary/aromatic N) is 1. The third-order valence-electron chi connectivity index (χ3n) is 3.07. The standard InChI is InChI=1S/C14H11N3O3/c18-12(10-7-16-14(20)17-13(10)19)9-5-8-3-1-2-4-11(8)15-6-9/h1-7,12,18H,(H2,16,17,19,20). The second-order valence-electron chi connectivity index (χ2n) is 4.39. The number of aromatic amines is 2. The molecule has 2 heterocycles. The lowest BCUT2D eigenvalue weighted by molar-refractivity contribution is 0.217. The number of hydrogen-bond acceptors (Lipinski definition) is 4. The second-order valence-corrected chi connectivity index (χ2v) is 4.39. The van der Waals surface area contributed by atoms with Crippen LogP contribution in [0.15, 0.2) is 52.3 Å². The van der Waals surface area contributed by atoms with Crippen molar-refractivity contribution in [2.45, 2.75) is 6.10 Å². The summed E-state index contributed by atoms with van der Waals surface area (Å²) in [6.45, 7) is 0. The fourth-order valence-electron chi connectivity index (χ4n) is 2.04. The van der Waals surface area contributed by atoms with Crippen LogP contribution in [0, 0.1) is 0 Å². The van der Waals surface area contributed by atoms with Gasteiger partial charge in [0, 0.05) is 23.3 Å². The van der Waals surface area contributed by atoms with Gasteiger partial charge in [-0.2, -0.15) is 0 Å². The van der Waals surface area contributed by atoms with Gasteiger partial charge in [0.2, 0.25) is 0 Å². The average molecular weight is 269 g/mol. The zero-order chi connectivity index (χ0) is 14.1. The van der Waals surface area contributed by atoms with Crippen LogP contribution in [0.4, 0.5) is 0 Å². The fraction of sp³-hybridized carbons (Fsp3) is 0.0714. The Kier molecular flexibility index (Phi) is 2.92. The Morgan fingerprint density at radius 3 is 2.80 bits per heavy atom. The van der Waals surface area contributed by atoms with E-state index in [1.165, 1.54) is 12.4 Å². The zero-order valence-corrected chi connectivity index (χ0v) is 10.3. The minimum absolute atomic E-state index is 0.0710. The molecule has 6 heteroatoms. The van der Waals surface area contributed by atoms with Gasteiger partial charge in [0.05, 0.1) is 11.1 Å². The summed E-state index contributed by atoms with van der Waals surface area (Å²) in [5.74, 6) is 0. The van der Waals surface area contributed by atoms with E-state index in [1.807, 2.05) is 24.3 Å². The van der Waals surface area contributed by atoms with Gasteiger partial charge < -0.3 is 10.1 Å². The van der Waals surface area contributed by atoms with Crippen LogP contribution in [0.1, 0.15) is 17.2 Å². The summed E-state index contributed by atoms with van der Waals surface area (Å²) < 4.78 is 0. The molecule has 0 bridgehead atoms.